The highest BCUT2D eigenvalue weighted by molar-refractivity contribution is 7.16. The molecule has 1 aromatic heterocycles. The number of hydrogen-bond donors (Lipinski definition) is 3. The minimum absolute atomic E-state index is 0.0749. The Bertz CT molecular complexity index is 833. The Labute approximate surface area is 150 Å². The van der Waals surface area contributed by atoms with Gasteiger partial charge in [0.2, 0.25) is 0 Å². The molecule has 2 aromatic rings. The van der Waals surface area contributed by atoms with Crippen molar-refractivity contribution in [3.63, 3.8) is 0 Å². The lowest BCUT2D eigenvalue weighted by atomic mass is 10.0. The fourth-order valence-electron chi connectivity index (χ4n) is 3.42. The Hall–Kier alpha value is -2.25. The van der Waals surface area contributed by atoms with Crippen LogP contribution < -0.4 is 15.4 Å². The van der Waals surface area contributed by atoms with Gasteiger partial charge in [0.15, 0.2) is 0 Å². The highest BCUT2D eigenvalue weighted by Crippen LogP contribution is 2.41. The summed E-state index contributed by atoms with van der Waals surface area (Å²) in [6, 6.07) is 5.16. The number of nitrogens with zero attached hydrogens (tertiary/aromatic N) is 1. The number of likely N-dealkylation sites (N-methyl/N-ethyl adjacent to an activating group) is 1. The Kier molecular flexibility index (Phi) is 4.05. The second-order valence-electron chi connectivity index (χ2n) is 6.40. The van der Waals surface area contributed by atoms with Gasteiger partial charge in [0.05, 0.1) is 12.2 Å². The van der Waals surface area contributed by atoms with Crippen molar-refractivity contribution in [1.29, 1.82) is 0 Å². The first kappa shape index (κ1) is 16.2. The number of anilines is 1. The third-order valence-electron chi connectivity index (χ3n) is 4.65. The molecule has 1 aromatic carbocycles. The lowest BCUT2D eigenvalue weighted by Gasteiger charge is -2.28. The molecule has 2 aliphatic rings. The van der Waals surface area contributed by atoms with E-state index in [2.05, 4.69) is 22.6 Å². The summed E-state index contributed by atoms with van der Waals surface area (Å²) in [5.74, 6) is 0.642. The number of fused-ring (bicyclic) bond motifs is 3. The van der Waals surface area contributed by atoms with Crippen molar-refractivity contribution in [2.24, 2.45) is 0 Å². The largest absolute Gasteiger partial charge is 0.507 e. The average Bonchev–Trinajstić information content (AvgIpc) is 2.92. The molecule has 2 aliphatic heterocycles. The highest BCUT2D eigenvalue weighted by Gasteiger charge is 2.33. The Morgan fingerprint density at radius 1 is 1.40 bits per heavy atom. The maximum absolute atomic E-state index is 12.7. The molecule has 6 nitrogen and oxygen atoms in total. The topological polar surface area (TPSA) is 73.8 Å². The molecule has 0 unspecified atom stereocenters. The van der Waals surface area contributed by atoms with Gasteiger partial charge in [-0.3, -0.25) is 4.79 Å². The van der Waals surface area contributed by atoms with Crippen LogP contribution in [0.1, 0.15) is 39.5 Å². The van der Waals surface area contributed by atoms with Crippen molar-refractivity contribution in [1.82, 2.24) is 10.2 Å². The number of carbonyl (C=O) groups is 1. The van der Waals surface area contributed by atoms with Gasteiger partial charge in [-0.05, 0) is 38.1 Å². The molecule has 0 spiro atoms. The van der Waals surface area contributed by atoms with Crippen LogP contribution in [0.2, 0.25) is 0 Å². The first-order valence-electron chi connectivity index (χ1n) is 8.43. The number of carbonyl (C=O) groups excluding carboxylic acids is 1. The summed E-state index contributed by atoms with van der Waals surface area (Å²) >= 11 is 1.64. The summed E-state index contributed by atoms with van der Waals surface area (Å²) in [5, 5.41) is 17.6. The Morgan fingerprint density at radius 3 is 3.00 bits per heavy atom. The van der Waals surface area contributed by atoms with Crippen LogP contribution in [0, 0.1) is 0 Å². The molecule has 0 fully saturated rings. The van der Waals surface area contributed by atoms with Crippen LogP contribution in [0.3, 0.4) is 0 Å². The van der Waals surface area contributed by atoms with E-state index in [1.54, 1.807) is 29.5 Å². The van der Waals surface area contributed by atoms with Gasteiger partial charge in [-0.15, -0.1) is 11.3 Å². The second-order valence-corrected chi connectivity index (χ2v) is 7.51. The minimum atomic E-state index is -0.450. The van der Waals surface area contributed by atoms with Gasteiger partial charge in [0.25, 0.3) is 5.91 Å². The molecule has 4 rings (SSSR count). The van der Waals surface area contributed by atoms with Crippen molar-refractivity contribution in [3.05, 3.63) is 39.8 Å². The van der Waals surface area contributed by atoms with Gasteiger partial charge in [0, 0.05) is 29.6 Å². The van der Waals surface area contributed by atoms with Crippen molar-refractivity contribution in [2.75, 3.05) is 25.5 Å². The van der Waals surface area contributed by atoms with Gasteiger partial charge >= 0.3 is 0 Å². The zero-order chi connectivity index (χ0) is 17.6. The van der Waals surface area contributed by atoms with Crippen LogP contribution in [0.25, 0.3) is 0 Å². The van der Waals surface area contributed by atoms with Crippen LogP contribution in [-0.4, -0.2) is 36.1 Å². The fourth-order valence-corrected chi connectivity index (χ4v) is 4.78. The van der Waals surface area contributed by atoms with E-state index >= 15 is 0 Å². The van der Waals surface area contributed by atoms with Crippen LogP contribution in [-0.2, 0) is 13.0 Å². The molecule has 7 heteroatoms. The quantitative estimate of drug-likeness (QED) is 0.786. The molecule has 25 heavy (non-hydrogen) atoms. The van der Waals surface area contributed by atoms with Crippen LogP contribution >= 0.6 is 11.3 Å². The standard InChI is InChI=1S/C18H21N3O3S/c1-3-24-10-4-5-11(13(22)8-10)16-19-17(23)15-12-6-7-21(2)9-14(12)25-18(15)20-16/h4-5,8,16,20,22H,3,6-7,9H2,1-2H3,(H,19,23)/t16-/m1/s1. The molecular weight excluding hydrogens is 338 g/mol. The van der Waals surface area contributed by atoms with Gasteiger partial charge in [0.1, 0.15) is 22.7 Å². The van der Waals surface area contributed by atoms with Crippen molar-refractivity contribution >= 4 is 22.2 Å². The summed E-state index contributed by atoms with van der Waals surface area (Å²) in [6.07, 6.45) is 0.444. The van der Waals surface area contributed by atoms with Gasteiger partial charge < -0.3 is 25.4 Å². The molecule has 0 aliphatic carbocycles. The van der Waals surface area contributed by atoms with Crippen LogP contribution in [0.15, 0.2) is 18.2 Å². The molecular formula is C18H21N3O3S. The fraction of sp³-hybridized carbons (Fsp3) is 0.389. The van der Waals surface area contributed by atoms with E-state index in [-0.39, 0.29) is 11.7 Å². The van der Waals surface area contributed by atoms with Crippen LogP contribution in [0.4, 0.5) is 5.00 Å². The monoisotopic (exact) mass is 359 g/mol. The van der Waals surface area contributed by atoms with E-state index in [0.717, 1.165) is 35.6 Å². The lowest BCUT2D eigenvalue weighted by Crippen LogP contribution is -2.38. The average molecular weight is 359 g/mol. The zero-order valence-corrected chi connectivity index (χ0v) is 15.1. The highest BCUT2D eigenvalue weighted by atomic mass is 32.1. The van der Waals surface area contributed by atoms with Crippen molar-refractivity contribution < 1.29 is 14.6 Å². The van der Waals surface area contributed by atoms with Crippen molar-refractivity contribution in [2.45, 2.75) is 26.1 Å². The molecule has 0 radical (unpaired) electrons. The summed E-state index contributed by atoms with van der Waals surface area (Å²) in [7, 11) is 2.09. The van der Waals surface area contributed by atoms with E-state index in [4.69, 9.17) is 4.74 Å². The van der Waals surface area contributed by atoms with E-state index in [9.17, 15) is 9.90 Å². The number of ether oxygens (including phenoxy) is 1. The molecule has 1 atom stereocenters. The zero-order valence-electron chi connectivity index (χ0n) is 14.3. The minimum Gasteiger partial charge on any atom is -0.507 e. The molecule has 0 saturated heterocycles. The van der Waals surface area contributed by atoms with E-state index in [1.165, 1.54) is 4.88 Å². The maximum Gasteiger partial charge on any atom is 0.256 e. The number of rotatable bonds is 3. The predicted octanol–water partition coefficient (Wildman–Crippen LogP) is 2.69. The first-order chi connectivity index (χ1) is 12.1. The summed E-state index contributed by atoms with van der Waals surface area (Å²) in [5.41, 5.74) is 2.57. The number of hydrogen-bond acceptors (Lipinski definition) is 6. The Balaban J connectivity index is 1.65. The number of amides is 1. The lowest BCUT2D eigenvalue weighted by molar-refractivity contribution is 0.0934. The van der Waals surface area contributed by atoms with Gasteiger partial charge in [-0.1, -0.05) is 0 Å². The van der Waals surface area contributed by atoms with E-state index < -0.39 is 6.17 Å². The van der Waals surface area contributed by atoms with Gasteiger partial charge in [-0.2, -0.15) is 0 Å². The molecule has 1 amide bonds. The molecule has 3 N–H and O–H groups in total. The van der Waals surface area contributed by atoms with Crippen LogP contribution in [0.5, 0.6) is 11.5 Å². The second kappa shape index (κ2) is 6.24. The summed E-state index contributed by atoms with van der Waals surface area (Å²) in [6.45, 7) is 4.27. The number of nitrogens with one attached hydrogen (secondary N) is 2. The third-order valence-corrected chi connectivity index (χ3v) is 5.80. The normalized spacial score (nSPS) is 19.6. The maximum atomic E-state index is 12.7. The van der Waals surface area contributed by atoms with Crippen molar-refractivity contribution in [3.8, 4) is 11.5 Å². The third kappa shape index (κ3) is 2.83. The molecule has 0 saturated carbocycles. The molecule has 0 bridgehead atoms. The van der Waals surface area contributed by atoms with E-state index in [0.29, 0.717) is 17.9 Å². The smallest absolute Gasteiger partial charge is 0.256 e. The first-order valence-corrected chi connectivity index (χ1v) is 9.24. The SMILES string of the molecule is CCOc1ccc([C@@H]2NC(=O)c3c(sc4c3CCN(C)C4)N2)c(O)c1. The van der Waals surface area contributed by atoms with Gasteiger partial charge in [-0.25, -0.2) is 0 Å². The molecule has 3 heterocycles. The molecule has 132 valence electrons. The summed E-state index contributed by atoms with van der Waals surface area (Å²) in [4.78, 5) is 16.2. The van der Waals surface area contributed by atoms with E-state index in [1.807, 2.05) is 6.92 Å². The Morgan fingerprint density at radius 2 is 2.24 bits per heavy atom. The number of benzene rings is 1. The number of thiophene rings is 1. The number of phenols is 1. The number of phenolic OH excluding ortho intramolecular Hbond substituents is 1. The summed E-state index contributed by atoms with van der Waals surface area (Å²) < 4.78 is 5.40. The number of aromatic hydroxyl groups is 1. The predicted molar refractivity (Wildman–Crippen MR) is 97.5 cm³/mol.